The molecule has 0 spiro atoms. The first-order valence-corrected chi connectivity index (χ1v) is 6.76. The van der Waals surface area contributed by atoms with Crippen molar-refractivity contribution in [2.45, 2.75) is 26.8 Å². The number of nitrogens with one attached hydrogen (secondary N) is 2. The molecule has 96 valence electrons. The Labute approximate surface area is 110 Å². The van der Waals surface area contributed by atoms with Gasteiger partial charge in [-0.25, -0.2) is 4.98 Å². The van der Waals surface area contributed by atoms with E-state index in [0.717, 1.165) is 15.3 Å². The van der Waals surface area contributed by atoms with E-state index in [4.69, 9.17) is 0 Å². The number of anilines is 1. The number of aryl methyl sites for hydroxylation is 1. The molecule has 4 nitrogen and oxygen atoms in total. The number of hydrogen-bond acceptors (Lipinski definition) is 4. The van der Waals surface area contributed by atoms with Gasteiger partial charge in [-0.05, 0) is 38.5 Å². The molecule has 0 fully saturated rings. The van der Waals surface area contributed by atoms with Gasteiger partial charge in [0.1, 0.15) is 0 Å². The van der Waals surface area contributed by atoms with Crippen LogP contribution in [0.2, 0.25) is 0 Å². The van der Waals surface area contributed by atoms with Crippen LogP contribution in [0.3, 0.4) is 0 Å². The van der Waals surface area contributed by atoms with E-state index in [-0.39, 0.29) is 18.5 Å². The van der Waals surface area contributed by atoms with Crippen molar-refractivity contribution >= 4 is 32.6 Å². The van der Waals surface area contributed by atoms with Gasteiger partial charge in [0.2, 0.25) is 5.91 Å². The number of carbonyl (C=O) groups is 1. The summed E-state index contributed by atoms with van der Waals surface area (Å²) < 4.78 is 1.14. The molecule has 0 saturated carbocycles. The molecule has 0 unspecified atom stereocenters. The highest BCUT2D eigenvalue weighted by molar-refractivity contribution is 7.22. The lowest BCUT2D eigenvalue weighted by Crippen LogP contribution is -2.34. The number of carbonyl (C=O) groups excluding carboxylic acids is 1. The first-order valence-electron chi connectivity index (χ1n) is 5.95. The number of hydrogen-bond donors (Lipinski definition) is 2. The third kappa shape index (κ3) is 3.20. The molecule has 0 atom stereocenters. The molecule has 0 saturated heterocycles. The molecular weight excluding hydrogens is 246 g/mol. The van der Waals surface area contributed by atoms with Crippen LogP contribution >= 0.6 is 11.3 Å². The summed E-state index contributed by atoms with van der Waals surface area (Å²) in [5.41, 5.74) is 2.19. The number of amides is 1. The quantitative estimate of drug-likeness (QED) is 0.891. The molecule has 1 aromatic carbocycles. The summed E-state index contributed by atoms with van der Waals surface area (Å²) in [4.78, 5) is 15.9. The Balaban J connectivity index is 2.02. The monoisotopic (exact) mass is 263 g/mol. The highest BCUT2D eigenvalue weighted by atomic mass is 32.1. The fourth-order valence-electron chi connectivity index (χ4n) is 1.64. The number of fused-ring (bicyclic) bond motifs is 1. The summed E-state index contributed by atoms with van der Waals surface area (Å²) in [5.74, 6) is -0.0135. The maximum atomic E-state index is 11.5. The number of nitrogens with zero attached hydrogens (tertiary/aromatic N) is 1. The standard InChI is InChI=1S/C13H17N3OS/c1-8(2)15-12(17)7-14-13-16-10-5-4-9(3)6-11(10)18-13/h4-6,8H,7H2,1-3H3,(H,14,16)(H,15,17). The largest absolute Gasteiger partial charge is 0.352 e. The van der Waals surface area contributed by atoms with E-state index in [1.165, 1.54) is 5.56 Å². The minimum atomic E-state index is -0.0135. The summed E-state index contributed by atoms with van der Waals surface area (Å²) in [6, 6.07) is 6.31. The lowest BCUT2D eigenvalue weighted by Gasteiger charge is -2.07. The molecule has 2 rings (SSSR count). The van der Waals surface area contributed by atoms with E-state index < -0.39 is 0 Å². The Bertz CT molecular complexity index is 562. The molecule has 18 heavy (non-hydrogen) atoms. The Hall–Kier alpha value is -1.62. The third-order valence-electron chi connectivity index (χ3n) is 2.39. The van der Waals surface area contributed by atoms with Gasteiger partial charge in [0.05, 0.1) is 16.8 Å². The van der Waals surface area contributed by atoms with Crippen LogP contribution in [0.5, 0.6) is 0 Å². The lowest BCUT2D eigenvalue weighted by atomic mass is 10.2. The number of aromatic nitrogens is 1. The molecule has 2 N–H and O–H groups in total. The van der Waals surface area contributed by atoms with Crippen molar-refractivity contribution in [3.8, 4) is 0 Å². The number of thiazole rings is 1. The van der Waals surface area contributed by atoms with Gasteiger partial charge in [-0.15, -0.1) is 0 Å². The predicted molar refractivity (Wildman–Crippen MR) is 76.1 cm³/mol. The lowest BCUT2D eigenvalue weighted by molar-refractivity contribution is -0.119. The summed E-state index contributed by atoms with van der Waals surface area (Å²) in [7, 11) is 0. The normalized spacial score (nSPS) is 10.9. The zero-order chi connectivity index (χ0) is 13.1. The van der Waals surface area contributed by atoms with Crippen LogP contribution < -0.4 is 10.6 Å². The minimum absolute atomic E-state index is 0.0135. The molecule has 0 aliphatic heterocycles. The molecule has 1 aromatic heterocycles. The van der Waals surface area contributed by atoms with Crippen LogP contribution in [-0.4, -0.2) is 23.5 Å². The first-order chi connectivity index (χ1) is 8.54. The van der Waals surface area contributed by atoms with Crippen molar-refractivity contribution in [2.24, 2.45) is 0 Å². The van der Waals surface area contributed by atoms with Gasteiger partial charge < -0.3 is 10.6 Å². The second-order valence-corrected chi connectivity index (χ2v) is 5.60. The molecule has 0 aliphatic carbocycles. The van der Waals surface area contributed by atoms with Crippen LogP contribution in [0.1, 0.15) is 19.4 Å². The zero-order valence-electron chi connectivity index (χ0n) is 10.8. The van der Waals surface area contributed by atoms with E-state index >= 15 is 0 Å². The Morgan fingerprint density at radius 2 is 2.22 bits per heavy atom. The van der Waals surface area contributed by atoms with Crippen molar-refractivity contribution in [3.63, 3.8) is 0 Å². The molecule has 2 aromatic rings. The Morgan fingerprint density at radius 1 is 1.44 bits per heavy atom. The maximum absolute atomic E-state index is 11.5. The second-order valence-electron chi connectivity index (χ2n) is 4.57. The SMILES string of the molecule is Cc1ccc2nc(NCC(=O)NC(C)C)sc2c1. The van der Waals surface area contributed by atoms with E-state index in [1.807, 2.05) is 26.0 Å². The molecule has 0 radical (unpaired) electrons. The summed E-state index contributed by atoms with van der Waals surface area (Å²) >= 11 is 1.57. The fraction of sp³-hybridized carbons (Fsp3) is 0.385. The fourth-order valence-corrected chi connectivity index (χ4v) is 2.60. The number of benzene rings is 1. The van der Waals surface area contributed by atoms with Gasteiger partial charge in [0, 0.05) is 6.04 Å². The maximum Gasteiger partial charge on any atom is 0.239 e. The van der Waals surface area contributed by atoms with Gasteiger partial charge in [-0.3, -0.25) is 4.79 Å². The van der Waals surface area contributed by atoms with Gasteiger partial charge in [0.15, 0.2) is 5.13 Å². The highest BCUT2D eigenvalue weighted by Gasteiger charge is 2.06. The van der Waals surface area contributed by atoms with Gasteiger partial charge in [-0.1, -0.05) is 17.4 Å². The smallest absolute Gasteiger partial charge is 0.239 e. The second kappa shape index (κ2) is 5.35. The van der Waals surface area contributed by atoms with E-state index in [2.05, 4.69) is 28.6 Å². The molecule has 0 aliphatic rings. The Kier molecular flexibility index (Phi) is 3.81. The van der Waals surface area contributed by atoms with Crippen molar-refractivity contribution in [1.29, 1.82) is 0 Å². The van der Waals surface area contributed by atoms with Crippen LogP contribution in [-0.2, 0) is 4.79 Å². The van der Waals surface area contributed by atoms with E-state index in [0.29, 0.717) is 0 Å². The van der Waals surface area contributed by atoms with Gasteiger partial charge in [0.25, 0.3) is 0 Å². The third-order valence-corrected chi connectivity index (χ3v) is 3.37. The van der Waals surface area contributed by atoms with Gasteiger partial charge in [-0.2, -0.15) is 0 Å². The number of rotatable bonds is 4. The minimum Gasteiger partial charge on any atom is -0.352 e. The van der Waals surface area contributed by atoms with Crippen molar-refractivity contribution in [3.05, 3.63) is 23.8 Å². The summed E-state index contributed by atoms with van der Waals surface area (Å²) in [5, 5.41) is 6.67. The van der Waals surface area contributed by atoms with Crippen LogP contribution in [0.25, 0.3) is 10.2 Å². The van der Waals surface area contributed by atoms with Crippen molar-refractivity contribution in [1.82, 2.24) is 10.3 Å². The van der Waals surface area contributed by atoms with Crippen molar-refractivity contribution in [2.75, 3.05) is 11.9 Å². The van der Waals surface area contributed by atoms with Gasteiger partial charge >= 0.3 is 0 Å². The summed E-state index contributed by atoms with van der Waals surface area (Å²) in [6.07, 6.45) is 0. The van der Waals surface area contributed by atoms with Crippen LogP contribution in [0.15, 0.2) is 18.2 Å². The molecule has 0 bridgehead atoms. The average molecular weight is 263 g/mol. The van der Waals surface area contributed by atoms with Crippen molar-refractivity contribution < 1.29 is 4.79 Å². The zero-order valence-corrected chi connectivity index (χ0v) is 11.6. The molecule has 5 heteroatoms. The predicted octanol–water partition coefficient (Wildman–Crippen LogP) is 2.54. The highest BCUT2D eigenvalue weighted by Crippen LogP contribution is 2.26. The molecular formula is C13H17N3OS. The average Bonchev–Trinajstić information content (AvgIpc) is 2.67. The Morgan fingerprint density at radius 3 is 2.94 bits per heavy atom. The summed E-state index contributed by atoms with van der Waals surface area (Å²) in [6.45, 7) is 6.20. The van der Waals surface area contributed by atoms with Crippen LogP contribution in [0.4, 0.5) is 5.13 Å². The van der Waals surface area contributed by atoms with E-state index in [1.54, 1.807) is 11.3 Å². The first kappa shape index (κ1) is 12.8. The molecule has 1 amide bonds. The van der Waals surface area contributed by atoms with E-state index in [9.17, 15) is 4.79 Å². The molecule has 1 heterocycles. The van der Waals surface area contributed by atoms with Crippen LogP contribution in [0, 0.1) is 6.92 Å². The topological polar surface area (TPSA) is 54.0 Å².